The van der Waals surface area contributed by atoms with Crippen LogP contribution in [0, 0.1) is 11.3 Å². The van der Waals surface area contributed by atoms with Crippen LogP contribution in [0.25, 0.3) is 10.3 Å². The van der Waals surface area contributed by atoms with Crippen LogP contribution in [-0.2, 0) is 11.2 Å². The molecule has 0 aliphatic heterocycles. The van der Waals surface area contributed by atoms with Gasteiger partial charge in [-0.1, -0.05) is 11.3 Å². The summed E-state index contributed by atoms with van der Waals surface area (Å²) in [5.41, 5.74) is 2.32. The normalized spacial score (nSPS) is 17.0. The zero-order chi connectivity index (χ0) is 12.0. The summed E-state index contributed by atoms with van der Waals surface area (Å²) in [6, 6.07) is 2.19. The van der Waals surface area contributed by atoms with Crippen molar-refractivity contribution in [3.05, 3.63) is 17.3 Å². The molecule has 86 valence electrons. The lowest BCUT2D eigenvalue weighted by Gasteiger charge is -2.00. The van der Waals surface area contributed by atoms with Crippen molar-refractivity contribution < 1.29 is 4.55 Å². The SMILES string of the molecule is C[S+]([O-])c1nc2ncc(C#N)c(C3CC3)c2s1. The molecule has 0 spiro atoms. The molecule has 1 unspecified atom stereocenters. The van der Waals surface area contributed by atoms with Gasteiger partial charge in [-0.15, -0.1) is 0 Å². The fraction of sp³-hybridized carbons (Fsp3) is 0.364. The molecule has 1 aliphatic rings. The van der Waals surface area contributed by atoms with E-state index >= 15 is 0 Å². The molecule has 2 heterocycles. The molecule has 1 fully saturated rings. The second-order valence-corrected chi connectivity index (χ2v) is 6.61. The molecule has 3 rings (SSSR count). The number of pyridine rings is 1. The van der Waals surface area contributed by atoms with Gasteiger partial charge in [0.15, 0.2) is 5.65 Å². The number of rotatable bonds is 2. The molecule has 2 aromatic heterocycles. The average molecular weight is 263 g/mol. The van der Waals surface area contributed by atoms with E-state index in [1.807, 2.05) is 0 Å². The van der Waals surface area contributed by atoms with E-state index in [2.05, 4.69) is 16.0 Å². The van der Waals surface area contributed by atoms with Crippen LogP contribution in [0.4, 0.5) is 0 Å². The van der Waals surface area contributed by atoms with Crippen LogP contribution >= 0.6 is 11.3 Å². The minimum atomic E-state index is -1.09. The standard InChI is InChI=1S/C11H9N3OS2/c1-17(15)11-14-10-9(16-11)8(6-2-3-6)7(4-12)5-13-10/h5-6H,2-3H2,1H3. The third-order valence-corrected chi connectivity index (χ3v) is 5.20. The number of hydrogen-bond acceptors (Lipinski definition) is 5. The monoisotopic (exact) mass is 263 g/mol. The number of aromatic nitrogens is 2. The summed E-state index contributed by atoms with van der Waals surface area (Å²) in [4.78, 5) is 8.42. The highest BCUT2D eigenvalue weighted by Crippen LogP contribution is 2.45. The lowest BCUT2D eigenvalue weighted by Crippen LogP contribution is -1.95. The summed E-state index contributed by atoms with van der Waals surface area (Å²) < 4.78 is 13.0. The van der Waals surface area contributed by atoms with Gasteiger partial charge >= 0.3 is 4.34 Å². The molecule has 0 saturated heterocycles. The lowest BCUT2D eigenvalue weighted by molar-refractivity contribution is 0.600. The number of nitrogens with zero attached hydrogens (tertiary/aromatic N) is 3. The van der Waals surface area contributed by atoms with Gasteiger partial charge in [0, 0.05) is 17.4 Å². The Morgan fingerprint density at radius 1 is 1.59 bits per heavy atom. The highest BCUT2D eigenvalue weighted by Gasteiger charge is 2.30. The average Bonchev–Trinajstić information content (AvgIpc) is 3.05. The molecule has 1 atom stereocenters. The van der Waals surface area contributed by atoms with Gasteiger partial charge in [0.25, 0.3) is 0 Å². The maximum Gasteiger partial charge on any atom is 0.303 e. The topological polar surface area (TPSA) is 72.6 Å². The number of hydrogen-bond donors (Lipinski definition) is 0. The molecular weight excluding hydrogens is 254 g/mol. The summed E-state index contributed by atoms with van der Waals surface area (Å²) >= 11 is 0.318. The van der Waals surface area contributed by atoms with Gasteiger partial charge in [-0.3, -0.25) is 0 Å². The molecule has 6 heteroatoms. The summed E-state index contributed by atoms with van der Waals surface area (Å²) in [5.74, 6) is 0.466. The highest BCUT2D eigenvalue weighted by molar-refractivity contribution is 7.92. The van der Waals surface area contributed by atoms with E-state index in [1.165, 1.54) is 11.3 Å². The second kappa shape index (κ2) is 3.95. The smallest absolute Gasteiger partial charge is 0.303 e. The van der Waals surface area contributed by atoms with E-state index in [-0.39, 0.29) is 0 Å². The van der Waals surface area contributed by atoms with Crippen molar-refractivity contribution in [1.29, 1.82) is 5.26 Å². The van der Waals surface area contributed by atoms with Crippen molar-refractivity contribution in [2.45, 2.75) is 23.1 Å². The van der Waals surface area contributed by atoms with Gasteiger partial charge in [0.05, 0.1) is 10.3 Å². The fourth-order valence-corrected chi connectivity index (χ4v) is 3.68. The maximum absolute atomic E-state index is 11.4. The van der Waals surface area contributed by atoms with Crippen LogP contribution in [0.15, 0.2) is 10.5 Å². The summed E-state index contributed by atoms with van der Waals surface area (Å²) in [6.07, 6.45) is 5.43. The van der Waals surface area contributed by atoms with Crippen LogP contribution < -0.4 is 0 Å². The Kier molecular flexibility index (Phi) is 2.54. The first kappa shape index (κ1) is 11.0. The summed E-state index contributed by atoms with van der Waals surface area (Å²) in [7, 11) is 0. The van der Waals surface area contributed by atoms with Crippen molar-refractivity contribution in [2.75, 3.05) is 6.26 Å². The van der Waals surface area contributed by atoms with Crippen LogP contribution in [-0.4, -0.2) is 20.8 Å². The summed E-state index contributed by atoms with van der Waals surface area (Å²) in [5, 5.41) is 9.10. The largest absolute Gasteiger partial charge is 0.610 e. The molecule has 2 aromatic rings. The lowest BCUT2D eigenvalue weighted by atomic mass is 10.1. The van der Waals surface area contributed by atoms with Crippen LogP contribution in [0.2, 0.25) is 0 Å². The third-order valence-electron chi connectivity index (χ3n) is 2.79. The first-order valence-corrected chi connectivity index (χ1v) is 7.61. The molecule has 0 N–H and O–H groups in total. The molecule has 0 aromatic carbocycles. The summed E-state index contributed by atoms with van der Waals surface area (Å²) in [6.45, 7) is 0. The quantitative estimate of drug-likeness (QED) is 0.778. The minimum absolute atomic E-state index is 0.466. The molecule has 0 radical (unpaired) electrons. The molecule has 1 saturated carbocycles. The number of fused-ring (bicyclic) bond motifs is 1. The van der Waals surface area contributed by atoms with Gasteiger partial charge in [0.1, 0.15) is 12.3 Å². The van der Waals surface area contributed by atoms with E-state index in [9.17, 15) is 4.55 Å². The molecule has 1 aliphatic carbocycles. The van der Waals surface area contributed by atoms with Crippen LogP contribution in [0.1, 0.15) is 29.9 Å². The Bertz CT molecular complexity index is 625. The van der Waals surface area contributed by atoms with Crippen LogP contribution in [0.5, 0.6) is 0 Å². The predicted octanol–water partition coefficient (Wildman–Crippen LogP) is 2.18. The minimum Gasteiger partial charge on any atom is -0.610 e. The Labute approximate surface area is 105 Å². The molecule has 0 bridgehead atoms. The molecule has 0 amide bonds. The molecule has 4 nitrogen and oxygen atoms in total. The number of thiazole rings is 1. The molecule has 17 heavy (non-hydrogen) atoms. The van der Waals surface area contributed by atoms with Gasteiger partial charge in [-0.05, 0) is 24.3 Å². The van der Waals surface area contributed by atoms with E-state index in [1.54, 1.807) is 12.5 Å². The van der Waals surface area contributed by atoms with Crippen molar-refractivity contribution in [1.82, 2.24) is 9.97 Å². The first-order valence-electron chi connectivity index (χ1n) is 5.23. The molecular formula is C11H9N3OS2. The van der Waals surface area contributed by atoms with Gasteiger partial charge < -0.3 is 4.55 Å². The van der Waals surface area contributed by atoms with Gasteiger partial charge in [-0.2, -0.15) is 10.2 Å². The third kappa shape index (κ3) is 1.80. The highest BCUT2D eigenvalue weighted by atomic mass is 32.2. The van der Waals surface area contributed by atoms with Crippen molar-refractivity contribution in [3.63, 3.8) is 0 Å². The Hall–Kier alpha value is -1.16. The predicted molar refractivity (Wildman–Crippen MR) is 66.4 cm³/mol. The van der Waals surface area contributed by atoms with Gasteiger partial charge in [-0.25, -0.2) is 4.98 Å². The van der Waals surface area contributed by atoms with Gasteiger partial charge in [0.2, 0.25) is 0 Å². The Morgan fingerprint density at radius 3 is 2.94 bits per heavy atom. The van der Waals surface area contributed by atoms with E-state index in [0.29, 0.717) is 21.5 Å². The van der Waals surface area contributed by atoms with Crippen molar-refractivity contribution >= 4 is 32.9 Å². The second-order valence-electron chi connectivity index (χ2n) is 4.06. The zero-order valence-corrected chi connectivity index (χ0v) is 10.8. The van der Waals surface area contributed by atoms with E-state index in [0.717, 1.165) is 23.1 Å². The first-order chi connectivity index (χ1) is 8.20. The van der Waals surface area contributed by atoms with Crippen molar-refractivity contribution in [3.8, 4) is 6.07 Å². The maximum atomic E-state index is 11.4. The van der Waals surface area contributed by atoms with E-state index < -0.39 is 11.2 Å². The zero-order valence-electron chi connectivity index (χ0n) is 9.14. The van der Waals surface area contributed by atoms with Crippen LogP contribution in [0.3, 0.4) is 0 Å². The van der Waals surface area contributed by atoms with E-state index in [4.69, 9.17) is 5.26 Å². The number of nitriles is 1. The Morgan fingerprint density at radius 2 is 2.35 bits per heavy atom. The Balaban J connectivity index is 2.27. The fourth-order valence-electron chi connectivity index (χ4n) is 1.86. The van der Waals surface area contributed by atoms with Crippen molar-refractivity contribution in [2.24, 2.45) is 0 Å².